The molecule has 0 bridgehead atoms. The second-order valence-electron chi connectivity index (χ2n) is 7.39. The fraction of sp³-hybridized carbons (Fsp3) is 0.160. The van der Waals surface area contributed by atoms with Gasteiger partial charge in [0.2, 0.25) is 5.91 Å². The summed E-state index contributed by atoms with van der Waals surface area (Å²) in [5.74, 6) is 0.488. The molecule has 33 heavy (non-hydrogen) atoms. The van der Waals surface area contributed by atoms with Crippen LogP contribution in [0.1, 0.15) is 23.7 Å². The van der Waals surface area contributed by atoms with Gasteiger partial charge in [-0.15, -0.1) is 0 Å². The van der Waals surface area contributed by atoms with Crippen LogP contribution in [-0.4, -0.2) is 31.7 Å². The van der Waals surface area contributed by atoms with E-state index in [0.29, 0.717) is 34.0 Å². The number of benzene rings is 3. The van der Waals surface area contributed by atoms with Crippen LogP contribution in [0, 0.1) is 0 Å². The lowest BCUT2D eigenvalue weighted by Gasteiger charge is -2.10. The zero-order chi connectivity index (χ0) is 23.4. The molecule has 8 nitrogen and oxygen atoms in total. The Labute approximate surface area is 190 Å². The van der Waals surface area contributed by atoms with Crippen LogP contribution in [0.15, 0.2) is 70.2 Å². The van der Waals surface area contributed by atoms with Crippen LogP contribution >= 0.6 is 0 Å². The zero-order valence-corrected chi connectivity index (χ0v) is 18.5. The van der Waals surface area contributed by atoms with Gasteiger partial charge in [-0.3, -0.25) is 9.59 Å². The van der Waals surface area contributed by atoms with Gasteiger partial charge >= 0.3 is 0 Å². The van der Waals surface area contributed by atoms with E-state index < -0.39 is 0 Å². The monoisotopic (exact) mass is 445 g/mol. The highest BCUT2D eigenvalue weighted by Crippen LogP contribution is 2.36. The summed E-state index contributed by atoms with van der Waals surface area (Å²) in [7, 11) is 3.10. The van der Waals surface area contributed by atoms with E-state index in [1.807, 2.05) is 30.3 Å². The maximum Gasteiger partial charge on any atom is 0.271 e. The lowest BCUT2D eigenvalue weighted by atomic mass is 10.1. The van der Waals surface area contributed by atoms with Crippen molar-refractivity contribution in [2.45, 2.75) is 13.3 Å². The number of rotatable bonds is 7. The van der Waals surface area contributed by atoms with Crippen molar-refractivity contribution in [3.63, 3.8) is 0 Å². The number of fused-ring (bicyclic) bond motifs is 3. The zero-order valence-electron chi connectivity index (χ0n) is 18.5. The second kappa shape index (κ2) is 9.44. The standard InChI is InChI=1S/C25H23N3O5/c1-15(27-28-25(30)16-8-10-17(31-2)11-9-16)12-24(29)26-20-14-22-19(13-23(20)32-3)18-6-4-5-7-21(18)33-22/h4-11,13-14H,12H2,1-3H3,(H,26,29)(H,28,30)/b27-15+. The number of furan rings is 1. The molecule has 0 aliphatic heterocycles. The number of amides is 2. The number of ether oxygens (including phenoxy) is 2. The quantitative estimate of drug-likeness (QED) is 0.316. The Morgan fingerprint density at radius 1 is 0.939 bits per heavy atom. The molecule has 8 heteroatoms. The third kappa shape index (κ3) is 4.79. The van der Waals surface area contributed by atoms with Crippen LogP contribution in [-0.2, 0) is 4.79 Å². The molecular weight excluding hydrogens is 422 g/mol. The molecule has 0 saturated carbocycles. The van der Waals surface area contributed by atoms with Crippen molar-refractivity contribution in [1.82, 2.24) is 5.43 Å². The molecule has 168 valence electrons. The molecule has 2 amide bonds. The fourth-order valence-corrected chi connectivity index (χ4v) is 3.44. The van der Waals surface area contributed by atoms with Crippen LogP contribution < -0.4 is 20.2 Å². The van der Waals surface area contributed by atoms with Gasteiger partial charge in [0, 0.05) is 28.1 Å². The van der Waals surface area contributed by atoms with Crippen molar-refractivity contribution in [2.75, 3.05) is 19.5 Å². The van der Waals surface area contributed by atoms with Crippen molar-refractivity contribution in [3.05, 3.63) is 66.2 Å². The molecule has 1 heterocycles. The van der Waals surface area contributed by atoms with E-state index in [1.165, 1.54) is 0 Å². The number of carbonyl (C=O) groups is 2. The number of nitrogens with one attached hydrogen (secondary N) is 2. The minimum Gasteiger partial charge on any atom is -0.497 e. The van der Waals surface area contributed by atoms with Gasteiger partial charge in [-0.05, 0) is 43.3 Å². The molecular formula is C25H23N3O5. The number of hydrazone groups is 1. The predicted molar refractivity (Wildman–Crippen MR) is 127 cm³/mol. The summed E-state index contributed by atoms with van der Waals surface area (Å²) in [6.07, 6.45) is -0.00971. The lowest BCUT2D eigenvalue weighted by molar-refractivity contribution is -0.115. The predicted octanol–water partition coefficient (Wildman–Crippen LogP) is 4.74. The lowest BCUT2D eigenvalue weighted by Crippen LogP contribution is -2.21. The van der Waals surface area contributed by atoms with Crippen LogP contribution in [0.3, 0.4) is 0 Å². The highest BCUT2D eigenvalue weighted by Gasteiger charge is 2.15. The molecule has 4 rings (SSSR count). The summed E-state index contributed by atoms with van der Waals surface area (Å²) in [6, 6.07) is 17.9. The molecule has 2 N–H and O–H groups in total. The molecule has 0 saturated heterocycles. The van der Waals surface area contributed by atoms with E-state index in [2.05, 4.69) is 15.8 Å². The number of nitrogens with zero attached hydrogens (tertiary/aromatic N) is 1. The minimum absolute atomic E-state index is 0.00971. The molecule has 0 radical (unpaired) electrons. The highest BCUT2D eigenvalue weighted by molar-refractivity contribution is 6.10. The fourth-order valence-electron chi connectivity index (χ4n) is 3.44. The first-order valence-corrected chi connectivity index (χ1v) is 10.2. The van der Waals surface area contributed by atoms with Crippen molar-refractivity contribution in [1.29, 1.82) is 0 Å². The molecule has 0 unspecified atom stereocenters. The Hall–Kier alpha value is -4.33. The van der Waals surface area contributed by atoms with Crippen LogP contribution in [0.2, 0.25) is 0 Å². The van der Waals surface area contributed by atoms with Gasteiger partial charge in [-0.1, -0.05) is 18.2 Å². The van der Waals surface area contributed by atoms with E-state index >= 15 is 0 Å². The number of methoxy groups -OCH3 is 2. The Morgan fingerprint density at radius 2 is 1.70 bits per heavy atom. The molecule has 0 spiro atoms. The van der Waals surface area contributed by atoms with Gasteiger partial charge in [-0.25, -0.2) is 5.43 Å². The second-order valence-corrected chi connectivity index (χ2v) is 7.39. The van der Waals surface area contributed by atoms with Gasteiger partial charge in [0.1, 0.15) is 22.7 Å². The van der Waals surface area contributed by atoms with Crippen LogP contribution in [0.4, 0.5) is 5.69 Å². The van der Waals surface area contributed by atoms with Crippen LogP contribution in [0.25, 0.3) is 21.9 Å². The van der Waals surface area contributed by atoms with E-state index in [1.54, 1.807) is 51.5 Å². The molecule has 4 aromatic rings. The van der Waals surface area contributed by atoms with E-state index in [0.717, 1.165) is 16.4 Å². The summed E-state index contributed by atoms with van der Waals surface area (Å²) in [5.41, 5.74) is 5.22. The SMILES string of the molecule is COc1ccc(C(=O)N/N=C(\C)CC(=O)Nc2cc3oc4ccccc4c3cc2OC)cc1. The number of hydrogen-bond acceptors (Lipinski definition) is 6. The van der Waals surface area contributed by atoms with Crippen molar-refractivity contribution >= 4 is 45.2 Å². The highest BCUT2D eigenvalue weighted by atomic mass is 16.5. The number of hydrogen-bond donors (Lipinski definition) is 2. The van der Waals surface area contributed by atoms with Gasteiger partial charge in [0.05, 0.1) is 26.3 Å². The van der Waals surface area contributed by atoms with Gasteiger partial charge in [0.15, 0.2) is 0 Å². The number of para-hydroxylation sites is 1. The molecule has 1 aromatic heterocycles. The minimum atomic E-state index is -0.380. The van der Waals surface area contributed by atoms with E-state index in [9.17, 15) is 9.59 Å². The Morgan fingerprint density at radius 3 is 2.42 bits per heavy atom. The summed E-state index contributed by atoms with van der Waals surface area (Å²) < 4.78 is 16.4. The summed E-state index contributed by atoms with van der Waals surface area (Å²) in [4.78, 5) is 24.8. The van der Waals surface area contributed by atoms with E-state index in [-0.39, 0.29) is 18.2 Å². The van der Waals surface area contributed by atoms with Gasteiger partial charge in [0.25, 0.3) is 5.91 Å². The first-order chi connectivity index (χ1) is 16.0. The Bertz CT molecular complexity index is 1360. The molecule has 0 aliphatic rings. The van der Waals surface area contributed by atoms with Crippen molar-refractivity contribution in [3.8, 4) is 11.5 Å². The van der Waals surface area contributed by atoms with Crippen molar-refractivity contribution in [2.24, 2.45) is 5.10 Å². The third-order valence-electron chi connectivity index (χ3n) is 5.09. The Balaban J connectivity index is 1.44. The first-order valence-electron chi connectivity index (χ1n) is 10.2. The largest absolute Gasteiger partial charge is 0.497 e. The summed E-state index contributed by atoms with van der Waals surface area (Å²) >= 11 is 0. The molecule has 0 atom stereocenters. The first kappa shape index (κ1) is 21.9. The maximum absolute atomic E-state index is 12.6. The number of anilines is 1. The average Bonchev–Trinajstić information content (AvgIpc) is 3.19. The Kier molecular flexibility index (Phi) is 6.26. The van der Waals surface area contributed by atoms with Gasteiger partial charge in [-0.2, -0.15) is 5.10 Å². The smallest absolute Gasteiger partial charge is 0.271 e. The molecule has 3 aromatic carbocycles. The normalized spacial score (nSPS) is 11.4. The average molecular weight is 445 g/mol. The van der Waals surface area contributed by atoms with E-state index in [4.69, 9.17) is 13.9 Å². The third-order valence-corrected chi connectivity index (χ3v) is 5.09. The summed E-state index contributed by atoms with van der Waals surface area (Å²) in [6.45, 7) is 1.66. The molecule has 0 aliphatic carbocycles. The van der Waals surface area contributed by atoms with Gasteiger partial charge < -0.3 is 19.2 Å². The maximum atomic E-state index is 12.6. The molecule has 0 fully saturated rings. The topological polar surface area (TPSA) is 102 Å². The van der Waals surface area contributed by atoms with Crippen LogP contribution in [0.5, 0.6) is 11.5 Å². The van der Waals surface area contributed by atoms with Crippen molar-refractivity contribution < 1.29 is 23.5 Å². The summed E-state index contributed by atoms with van der Waals surface area (Å²) in [5, 5.41) is 8.72. The number of carbonyl (C=O) groups excluding carboxylic acids is 2.